The highest BCUT2D eigenvalue weighted by molar-refractivity contribution is 5.91. The Morgan fingerprint density at radius 2 is 1.97 bits per heavy atom. The van der Waals surface area contributed by atoms with Crippen LogP contribution in [0.3, 0.4) is 0 Å². The second kappa shape index (κ2) is 8.87. The fraction of sp³-hybridized carbons (Fsp3) is 0.0909. The number of amides is 1. The molecule has 0 aliphatic carbocycles. The molecule has 0 bridgehead atoms. The van der Waals surface area contributed by atoms with E-state index in [0.29, 0.717) is 11.6 Å². The third-order valence-corrected chi connectivity index (χ3v) is 4.36. The third-order valence-electron chi connectivity index (χ3n) is 4.36. The average Bonchev–Trinajstić information content (AvgIpc) is 3.47. The van der Waals surface area contributed by atoms with Crippen LogP contribution in [0.4, 0.5) is 0 Å². The van der Waals surface area contributed by atoms with Gasteiger partial charge in [0.25, 0.3) is 0 Å². The Hall–Kier alpha value is -4.20. The molecule has 0 radical (unpaired) electrons. The summed E-state index contributed by atoms with van der Waals surface area (Å²) in [5.74, 6) is 1.66. The number of para-hydroxylation sites is 1. The molecule has 0 saturated carbocycles. The Bertz CT molecular complexity index is 1150. The SMILES string of the molecule is COc1ccc(-c2n[nH]c(CNC(=O)/C=C/c3cnn(-c4ccccc4)c3)n2)cc1. The van der Waals surface area contributed by atoms with Crippen LogP contribution in [0.25, 0.3) is 23.2 Å². The molecule has 2 heterocycles. The number of rotatable bonds is 7. The van der Waals surface area contributed by atoms with Crippen molar-refractivity contribution >= 4 is 12.0 Å². The summed E-state index contributed by atoms with van der Waals surface area (Å²) in [6, 6.07) is 17.2. The van der Waals surface area contributed by atoms with E-state index < -0.39 is 0 Å². The van der Waals surface area contributed by atoms with Crippen LogP contribution in [0, 0.1) is 0 Å². The van der Waals surface area contributed by atoms with Crippen molar-refractivity contribution in [2.75, 3.05) is 7.11 Å². The lowest BCUT2D eigenvalue weighted by molar-refractivity contribution is -0.116. The summed E-state index contributed by atoms with van der Waals surface area (Å²) in [7, 11) is 1.62. The van der Waals surface area contributed by atoms with Gasteiger partial charge in [-0.2, -0.15) is 10.2 Å². The normalized spacial score (nSPS) is 11.0. The van der Waals surface area contributed by atoms with Gasteiger partial charge in [-0.05, 0) is 42.5 Å². The first kappa shape index (κ1) is 19.1. The largest absolute Gasteiger partial charge is 0.497 e. The van der Waals surface area contributed by atoms with Gasteiger partial charge in [0.15, 0.2) is 5.82 Å². The second-order valence-electron chi connectivity index (χ2n) is 6.44. The van der Waals surface area contributed by atoms with Crippen molar-refractivity contribution in [3.8, 4) is 22.8 Å². The molecule has 0 aliphatic heterocycles. The van der Waals surface area contributed by atoms with Crippen molar-refractivity contribution < 1.29 is 9.53 Å². The van der Waals surface area contributed by atoms with Crippen LogP contribution in [0.5, 0.6) is 5.75 Å². The van der Waals surface area contributed by atoms with Gasteiger partial charge in [0.1, 0.15) is 11.6 Å². The summed E-state index contributed by atoms with van der Waals surface area (Å²) in [4.78, 5) is 16.5. The third kappa shape index (κ3) is 4.61. The number of hydrogen-bond acceptors (Lipinski definition) is 5. The van der Waals surface area contributed by atoms with Gasteiger partial charge in [-0.15, -0.1) is 0 Å². The zero-order valence-corrected chi connectivity index (χ0v) is 16.3. The second-order valence-corrected chi connectivity index (χ2v) is 6.44. The van der Waals surface area contributed by atoms with Gasteiger partial charge in [0, 0.05) is 23.4 Å². The molecule has 0 fully saturated rings. The van der Waals surface area contributed by atoms with E-state index in [9.17, 15) is 4.79 Å². The molecule has 4 aromatic rings. The molecule has 2 N–H and O–H groups in total. The van der Waals surface area contributed by atoms with Crippen LogP contribution >= 0.6 is 0 Å². The number of ether oxygens (including phenoxy) is 1. The van der Waals surface area contributed by atoms with Crippen molar-refractivity contribution in [3.63, 3.8) is 0 Å². The van der Waals surface area contributed by atoms with Gasteiger partial charge < -0.3 is 10.1 Å². The smallest absolute Gasteiger partial charge is 0.244 e. The van der Waals surface area contributed by atoms with E-state index in [1.807, 2.05) is 60.8 Å². The molecular weight excluding hydrogens is 380 g/mol. The van der Waals surface area contributed by atoms with E-state index in [4.69, 9.17) is 4.74 Å². The molecule has 0 saturated heterocycles. The first-order valence-electron chi connectivity index (χ1n) is 9.33. The summed E-state index contributed by atoms with van der Waals surface area (Å²) < 4.78 is 6.90. The maximum Gasteiger partial charge on any atom is 0.244 e. The molecule has 2 aromatic carbocycles. The number of H-pyrrole nitrogens is 1. The predicted molar refractivity (Wildman–Crippen MR) is 113 cm³/mol. The highest BCUT2D eigenvalue weighted by atomic mass is 16.5. The maximum atomic E-state index is 12.1. The average molecular weight is 400 g/mol. The van der Waals surface area contributed by atoms with Crippen LogP contribution in [0.1, 0.15) is 11.4 Å². The zero-order valence-electron chi connectivity index (χ0n) is 16.3. The molecule has 0 atom stereocenters. The van der Waals surface area contributed by atoms with Crippen LogP contribution in [-0.2, 0) is 11.3 Å². The number of hydrogen-bond donors (Lipinski definition) is 2. The number of methoxy groups -OCH3 is 1. The lowest BCUT2D eigenvalue weighted by atomic mass is 10.2. The van der Waals surface area contributed by atoms with E-state index >= 15 is 0 Å². The van der Waals surface area contributed by atoms with E-state index in [0.717, 1.165) is 22.6 Å². The summed E-state index contributed by atoms with van der Waals surface area (Å²) >= 11 is 0. The summed E-state index contributed by atoms with van der Waals surface area (Å²) in [6.45, 7) is 0.246. The van der Waals surface area contributed by atoms with Gasteiger partial charge in [-0.3, -0.25) is 9.89 Å². The van der Waals surface area contributed by atoms with Crippen LogP contribution in [-0.4, -0.2) is 38.0 Å². The lowest BCUT2D eigenvalue weighted by Crippen LogP contribution is -2.20. The van der Waals surface area contributed by atoms with Gasteiger partial charge >= 0.3 is 0 Å². The molecule has 1 amide bonds. The Morgan fingerprint density at radius 3 is 2.73 bits per heavy atom. The standard InChI is InChI=1S/C22H20N6O2/c1-30-19-10-8-17(9-11-19)22-25-20(26-27-22)14-23-21(29)12-7-16-13-24-28(15-16)18-5-3-2-4-6-18/h2-13,15H,14H2,1H3,(H,23,29)(H,25,26,27)/b12-7+. The minimum atomic E-state index is -0.232. The van der Waals surface area contributed by atoms with Crippen molar-refractivity contribution in [2.45, 2.75) is 6.54 Å². The number of nitrogens with one attached hydrogen (secondary N) is 2. The van der Waals surface area contributed by atoms with Crippen molar-refractivity contribution in [1.29, 1.82) is 0 Å². The minimum absolute atomic E-state index is 0.232. The molecule has 0 spiro atoms. The first-order valence-corrected chi connectivity index (χ1v) is 9.33. The zero-order chi connectivity index (χ0) is 20.8. The highest BCUT2D eigenvalue weighted by Gasteiger charge is 2.07. The maximum absolute atomic E-state index is 12.1. The summed E-state index contributed by atoms with van der Waals surface area (Å²) in [5, 5.41) is 14.1. The number of benzene rings is 2. The molecule has 8 nitrogen and oxygen atoms in total. The van der Waals surface area contributed by atoms with Crippen molar-refractivity contribution in [3.05, 3.63) is 84.5 Å². The highest BCUT2D eigenvalue weighted by Crippen LogP contribution is 2.18. The lowest BCUT2D eigenvalue weighted by Gasteiger charge is -1.99. The quantitative estimate of drug-likeness (QED) is 0.465. The van der Waals surface area contributed by atoms with Gasteiger partial charge in [-0.25, -0.2) is 9.67 Å². The van der Waals surface area contributed by atoms with Gasteiger partial charge in [0.2, 0.25) is 5.91 Å². The molecule has 0 unspecified atom stereocenters. The molecular formula is C22H20N6O2. The van der Waals surface area contributed by atoms with Crippen LogP contribution in [0.2, 0.25) is 0 Å². The molecule has 0 aliphatic rings. The monoisotopic (exact) mass is 400 g/mol. The van der Waals surface area contributed by atoms with E-state index in [1.54, 1.807) is 24.1 Å². The molecule has 8 heteroatoms. The molecule has 30 heavy (non-hydrogen) atoms. The molecule has 2 aromatic heterocycles. The summed E-state index contributed by atoms with van der Waals surface area (Å²) in [6.07, 6.45) is 6.74. The molecule has 150 valence electrons. The van der Waals surface area contributed by atoms with E-state index in [1.165, 1.54) is 6.08 Å². The fourth-order valence-electron chi connectivity index (χ4n) is 2.79. The van der Waals surface area contributed by atoms with Crippen molar-refractivity contribution in [2.24, 2.45) is 0 Å². The Balaban J connectivity index is 1.32. The number of aromatic amines is 1. The van der Waals surface area contributed by atoms with E-state index in [2.05, 4.69) is 25.6 Å². The minimum Gasteiger partial charge on any atom is -0.497 e. The van der Waals surface area contributed by atoms with Gasteiger partial charge in [-0.1, -0.05) is 18.2 Å². The van der Waals surface area contributed by atoms with Crippen molar-refractivity contribution in [1.82, 2.24) is 30.3 Å². The summed E-state index contributed by atoms with van der Waals surface area (Å²) in [5.41, 5.74) is 2.65. The molecule has 4 rings (SSSR count). The Labute approximate surface area is 173 Å². The first-order chi connectivity index (χ1) is 14.7. The number of nitrogens with zero attached hydrogens (tertiary/aromatic N) is 4. The topological polar surface area (TPSA) is 97.7 Å². The fourth-order valence-corrected chi connectivity index (χ4v) is 2.79. The van der Waals surface area contributed by atoms with Crippen LogP contribution < -0.4 is 10.1 Å². The van der Waals surface area contributed by atoms with Gasteiger partial charge in [0.05, 0.1) is 25.5 Å². The number of carbonyl (C=O) groups is 1. The number of aromatic nitrogens is 5. The predicted octanol–water partition coefficient (Wildman–Crippen LogP) is 3.00. The van der Waals surface area contributed by atoms with E-state index in [-0.39, 0.29) is 12.5 Å². The Morgan fingerprint density at radius 1 is 1.17 bits per heavy atom. The Kier molecular flexibility index (Phi) is 5.66. The number of carbonyl (C=O) groups excluding carboxylic acids is 1. The van der Waals surface area contributed by atoms with Crippen LogP contribution in [0.15, 0.2) is 73.1 Å².